The molecule has 1 aliphatic rings. The van der Waals surface area contributed by atoms with Crippen LogP contribution < -0.4 is 21.1 Å². The van der Waals surface area contributed by atoms with Crippen LogP contribution in [0.3, 0.4) is 0 Å². The van der Waals surface area contributed by atoms with Crippen molar-refractivity contribution in [3.63, 3.8) is 0 Å². The summed E-state index contributed by atoms with van der Waals surface area (Å²) in [5.41, 5.74) is 7.93. The fourth-order valence-electron chi connectivity index (χ4n) is 4.03. The van der Waals surface area contributed by atoms with Crippen molar-refractivity contribution >= 4 is 34.9 Å². The first-order valence-electron chi connectivity index (χ1n) is 10.6. The molecule has 33 heavy (non-hydrogen) atoms. The van der Waals surface area contributed by atoms with Crippen LogP contribution in [0.5, 0.6) is 5.75 Å². The first-order valence-corrected chi connectivity index (χ1v) is 10.6. The highest BCUT2D eigenvalue weighted by Gasteiger charge is 2.29. The van der Waals surface area contributed by atoms with Crippen molar-refractivity contribution in [2.75, 3.05) is 18.5 Å². The summed E-state index contributed by atoms with van der Waals surface area (Å²) in [6.45, 7) is 4.79. The van der Waals surface area contributed by atoms with E-state index in [-0.39, 0.29) is 30.7 Å². The third kappa shape index (κ3) is 4.31. The molecule has 4 rings (SSSR count). The van der Waals surface area contributed by atoms with Gasteiger partial charge in [-0.15, -0.1) is 0 Å². The number of hydrogen-bond acceptors (Lipinski definition) is 6. The van der Waals surface area contributed by atoms with Crippen molar-refractivity contribution in [3.8, 4) is 5.75 Å². The Morgan fingerprint density at radius 1 is 1.30 bits per heavy atom. The van der Waals surface area contributed by atoms with Crippen molar-refractivity contribution < 1.29 is 24.2 Å². The number of carbonyl (C=O) groups is 3. The minimum atomic E-state index is -1.08. The molecule has 12 heteroatoms. The summed E-state index contributed by atoms with van der Waals surface area (Å²) in [7, 11) is 0. The number of anilines is 1. The lowest BCUT2D eigenvalue weighted by atomic mass is 10.1. The topological polar surface area (TPSA) is 166 Å². The van der Waals surface area contributed by atoms with Crippen LogP contribution in [0.4, 0.5) is 10.7 Å². The predicted octanol–water partition coefficient (Wildman–Crippen LogP) is 1.89. The summed E-state index contributed by atoms with van der Waals surface area (Å²) in [6, 6.07) is 4.62. The van der Waals surface area contributed by atoms with Crippen LogP contribution in [-0.2, 0) is 6.54 Å². The van der Waals surface area contributed by atoms with Gasteiger partial charge < -0.3 is 25.5 Å². The van der Waals surface area contributed by atoms with E-state index in [4.69, 9.17) is 15.6 Å². The molecule has 0 bridgehead atoms. The van der Waals surface area contributed by atoms with Gasteiger partial charge in [0.1, 0.15) is 23.6 Å². The third-order valence-electron chi connectivity index (χ3n) is 5.48. The number of amides is 3. The number of aromatic nitrogens is 4. The molecule has 0 saturated heterocycles. The van der Waals surface area contributed by atoms with E-state index in [0.717, 1.165) is 5.69 Å². The molecule has 3 aromatic rings. The Bertz CT molecular complexity index is 1250. The van der Waals surface area contributed by atoms with Gasteiger partial charge in [0.2, 0.25) is 11.9 Å². The second-order valence-corrected chi connectivity index (χ2v) is 7.79. The van der Waals surface area contributed by atoms with Gasteiger partial charge in [-0.2, -0.15) is 5.10 Å². The van der Waals surface area contributed by atoms with Gasteiger partial charge in [0.05, 0.1) is 17.3 Å². The van der Waals surface area contributed by atoms with Gasteiger partial charge in [0.25, 0.3) is 5.91 Å². The minimum absolute atomic E-state index is 0.203. The first kappa shape index (κ1) is 22.1. The summed E-state index contributed by atoms with van der Waals surface area (Å²) in [4.78, 5) is 40.1. The maximum absolute atomic E-state index is 13.1. The molecular weight excluding hydrogens is 430 g/mol. The van der Waals surface area contributed by atoms with Gasteiger partial charge in [-0.05, 0) is 44.9 Å². The molecule has 3 heterocycles. The zero-order valence-corrected chi connectivity index (χ0v) is 18.3. The number of ether oxygens (including phenoxy) is 1. The summed E-state index contributed by atoms with van der Waals surface area (Å²) < 4.78 is 9.37. The molecule has 0 fully saturated rings. The number of imidazole rings is 1. The largest absolute Gasteiger partial charge is 0.489 e. The predicted molar refractivity (Wildman–Crippen MR) is 119 cm³/mol. The maximum Gasteiger partial charge on any atom is 0.404 e. The number of nitrogens with one attached hydrogen (secondary N) is 2. The van der Waals surface area contributed by atoms with E-state index in [1.54, 1.807) is 22.9 Å². The lowest BCUT2D eigenvalue weighted by molar-refractivity contribution is 0.0995. The van der Waals surface area contributed by atoms with E-state index < -0.39 is 12.0 Å². The Kier molecular flexibility index (Phi) is 5.90. The highest BCUT2D eigenvalue weighted by atomic mass is 16.5. The van der Waals surface area contributed by atoms with Crippen LogP contribution in [-0.4, -0.2) is 55.5 Å². The number of nitrogens with two attached hydrogens (primary N) is 1. The number of benzene rings is 1. The third-order valence-corrected chi connectivity index (χ3v) is 5.48. The number of carbonyl (C=O) groups excluding carboxylic acids is 2. The van der Waals surface area contributed by atoms with E-state index in [1.165, 1.54) is 0 Å². The lowest BCUT2D eigenvalue weighted by Gasteiger charge is -2.27. The minimum Gasteiger partial charge on any atom is -0.489 e. The molecular formula is C21H25N7O5. The summed E-state index contributed by atoms with van der Waals surface area (Å²) in [6.07, 6.45) is 0.0571. The molecule has 12 nitrogen and oxygen atoms in total. The zero-order valence-electron chi connectivity index (χ0n) is 18.3. The van der Waals surface area contributed by atoms with Crippen molar-refractivity contribution in [3.05, 3.63) is 35.2 Å². The fourth-order valence-corrected chi connectivity index (χ4v) is 4.03. The summed E-state index contributed by atoms with van der Waals surface area (Å²) in [5, 5.41) is 18.3. The summed E-state index contributed by atoms with van der Waals surface area (Å²) >= 11 is 0. The summed E-state index contributed by atoms with van der Waals surface area (Å²) in [5.74, 6) is -0.220. The molecule has 1 atom stereocenters. The van der Waals surface area contributed by atoms with Crippen LogP contribution in [0.25, 0.3) is 11.0 Å². The number of primary amides is 1. The molecule has 0 unspecified atom stereocenters. The number of rotatable bonds is 8. The smallest absolute Gasteiger partial charge is 0.404 e. The molecule has 3 amide bonds. The number of hydrogen-bond donors (Lipinski definition) is 4. The molecule has 0 radical (unpaired) electrons. The highest BCUT2D eigenvalue weighted by molar-refractivity contribution is 6.04. The normalized spacial score (nSPS) is 14.7. The molecule has 0 saturated carbocycles. The molecule has 5 N–H and O–H groups in total. The second kappa shape index (κ2) is 8.81. The highest BCUT2D eigenvalue weighted by Crippen LogP contribution is 2.38. The van der Waals surface area contributed by atoms with Crippen LogP contribution in [0, 0.1) is 6.92 Å². The Hall–Kier alpha value is -4.09. The molecule has 0 aliphatic carbocycles. The first-order chi connectivity index (χ1) is 15.8. The van der Waals surface area contributed by atoms with Crippen LogP contribution >= 0.6 is 0 Å². The van der Waals surface area contributed by atoms with Gasteiger partial charge in [-0.25, -0.2) is 9.78 Å². The van der Waals surface area contributed by atoms with Gasteiger partial charge in [-0.1, -0.05) is 0 Å². The molecule has 1 aromatic carbocycles. The Morgan fingerprint density at radius 2 is 2.09 bits per heavy atom. The van der Waals surface area contributed by atoms with E-state index in [0.29, 0.717) is 47.8 Å². The molecule has 1 aliphatic heterocycles. The zero-order chi connectivity index (χ0) is 23.7. The van der Waals surface area contributed by atoms with E-state index in [1.807, 2.05) is 18.4 Å². The van der Waals surface area contributed by atoms with Crippen molar-refractivity contribution in [2.45, 2.75) is 39.3 Å². The number of aryl methyl sites for hydroxylation is 2. The van der Waals surface area contributed by atoms with Crippen LogP contribution in [0.15, 0.2) is 18.2 Å². The van der Waals surface area contributed by atoms with E-state index >= 15 is 0 Å². The average Bonchev–Trinajstić information content (AvgIpc) is 3.33. The molecule has 0 spiro atoms. The van der Waals surface area contributed by atoms with E-state index in [9.17, 15) is 14.4 Å². The molecule has 2 aromatic heterocycles. The van der Waals surface area contributed by atoms with E-state index in [2.05, 4.69) is 20.7 Å². The lowest BCUT2D eigenvalue weighted by Crippen LogP contribution is -2.28. The SMILES string of the molecule is CCn1nc(C)cc1C(=O)Nc1nc2cc(C(N)=O)cc3c2n1[C@H](CCCNC(=O)O)CO3. The van der Waals surface area contributed by atoms with Crippen molar-refractivity contribution in [1.82, 2.24) is 24.6 Å². The quantitative estimate of drug-likeness (QED) is 0.376. The van der Waals surface area contributed by atoms with Gasteiger partial charge in [0, 0.05) is 18.7 Å². The number of carboxylic acid groups (broad SMARTS) is 1. The fraction of sp³-hybridized carbons (Fsp3) is 0.381. The monoisotopic (exact) mass is 455 g/mol. The maximum atomic E-state index is 13.1. The van der Waals surface area contributed by atoms with Crippen molar-refractivity contribution in [2.24, 2.45) is 5.73 Å². The Labute approximate surface area is 188 Å². The van der Waals surface area contributed by atoms with Crippen LogP contribution in [0.2, 0.25) is 0 Å². The molecule has 174 valence electrons. The van der Waals surface area contributed by atoms with Gasteiger partial charge in [0.15, 0.2) is 0 Å². The average molecular weight is 455 g/mol. The Balaban J connectivity index is 1.71. The van der Waals surface area contributed by atoms with Gasteiger partial charge in [-0.3, -0.25) is 19.6 Å². The second-order valence-electron chi connectivity index (χ2n) is 7.79. The standard InChI is InChI=1S/C21H25N7O5/c1-3-27-15(7-11(2)26-27)19(30)25-20-24-14-8-12(18(22)29)9-16-17(14)28(20)13(10-33-16)5-4-6-23-21(31)32/h7-9,13,23H,3-6,10H2,1-2H3,(H2,22,29)(H,31,32)(H,24,25,30)/t13-/m1/s1. The van der Waals surface area contributed by atoms with Crippen LogP contribution in [0.1, 0.15) is 52.3 Å². The number of nitrogens with zero attached hydrogens (tertiary/aromatic N) is 4. The van der Waals surface area contributed by atoms with Crippen molar-refractivity contribution in [1.29, 1.82) is 0 Å². The Morgan fingerprint density at radius 3 is 2.79 bits per heavy atom. The van der Waals surface area contributed by atoms with Gasteiger partial charge >= 0.3 is 6.09 Å².